The SMILES string of the molecule is CC/C=C\CC(=O)OCC(COC(=O)C/C=C\CC)OC(=O)CC(C)CCC(C)CC(=O)Oc1c(C)cc(COC(=O)O[C@@H]2CC[C@@]3(C)[C@@H](CC[C@@H]4[C@@H]3CC[C@]3(C)[C@@H](C(C)=O)CC[C@@H]43)C2)cc1C. The van der Waals surface area contributed by atoms with Crippen molar-refractivity contribution in [2.75, 3.05) is 13.2 Å². The molecule has 0 N–H and O–H groups in total. The summed E-state index contributed by atoms with van der Waals surface area (Å²) in [4.78, 5) is 76.0. The monoisotopic (exact) mass is 947 g/mol. The number of ether oxygens (including phenoxy) is 6. The van der Waals surface area contributed by atoms with Gasteiger partial charge in [0, 0.05) is 18.8 Å². The lowest BCUT2D eigenvalue weighted by molar-refractivity contribution is -0.166. The molecule has 0 heterocycles. The zero-order valence-electron chi connectivity index (χ0n) is 42.7. The maximum absolute atomic E-state index is 13.1. The summed E-state index contributed by atoms with van der Waals surface area (Å²) in [5, 5.41) is 0. The average Bonchev–Trinajstić information content (AvgIpc) is 3.65. The highest BCUT2D eigenvalue weighted by atomic mass is 16.7. The minimum absolute atomic E-state index is 0.0134. The highest BCUT2D eigenvalue weighted by Crippen LogP contribution is 2.67. The van der Waals surface area contributed by atoms with Crippen molar-refractivity contribution in [1.29, 1.82) is 0 Å². The molecule has 0 spiro atoms. The Kier molecular flexibility index (Phi) is 20.3. The van der Waals surface area contributed by atoms with Gasteiger partial charge in [-0.15, -0.1) is 0 Å². The molecule has 0 aromatic heterocycles. The Hall–Kier alpha value is -4.48. The molecule has 4 saturated carbocycles. The van der Waals surface area contributed by atoms with Gasteiger partial charge < -0.3 is 28.4 Å². The molecule has 1 aromatic carbocycles. The number of hydrogen-bond acceptors (Lipinski definition) is 12. The fourth-order valence-corrected chi connectivity index (χ4v) is 12.6. The summed E-state index contributed by atoms with van der Waals surface area (Å²) in [6.07, 6.45) is 18.5. The van der Waals surface area contributed by atoms with Gasteiger partial charge in [0.25, 0.3) is 0 Å². The Bertz CT molecular complexity index is 1910. The molecular formula is C56H82O12. The van der Waals surface area contributed by atoms with Crippen LogP contribution < -0.4 is 4.74 Å². The minimum Gasteiger partial charge on any atom is -0.461 e. The van der Waals surface area contributed by atoms with E-state index in [1.165, 1.54) is 19.3 Å². The van der Waals surface area contributed by atoms with Gasteiger partial charge in [-0.1, -0.05) is 65.8 Å². The number of carbonyl (C=O) groups excluding carboxylic acids is 6. The zero-order valence-corrected chi connectivity index (χ0v) is 42.7. The van der Waals surface area contributed by atoms with E-state index in [9.17, 15) is 28.8 Å². The summed E-state index contributed by atoms with van der Waals surface area (Å²) in [5.74, 6) is 1.73. The van der Waals surface area contributed by atoms with E-state index in [0.717, 1.165) is 68.1 Å². The van der Waals surface area contributed by atoms with Crippen molar-refractivity contribution in [3.63, 3.8) is 0 Å². The fourth-order valence-electron chi connectivity index (χ4n) is 12.6. The Morgan fingerprint density at radius 2 is 1.26 bits per heavy atom. The van der Waals surface area contributed by atoms with Crippen LogP contribution >= 0.6 is 0 Å². The molecule has 0 amide bonds. The van der Waals surface area contributed by atoms with Gasteiger partial charge in [0.05, 0.1) is 12.8 Å². The smallest absolute Gasteiger partial charge is 0.461 e. The topological polar surface area (TPSA) is 158 Å². The first-order valence-corrected chi connectivity index (χ1v) is 25.8. The molecule has 378 valence electrons. The van der Waals surface area contributed by atoms with Crippen LogP contribution in [0.3, 0.4) is 0 Å². The van der Waals surface area contributed by atoms with Gasteiger partial charge >= 0.3 is 30.0 Å². The third-order valence-electron chi connectivity index (χ3n) is 16.2. The van der Waals surface area contributed by atoms with Crippen molar-refractivity contribution in [1.82, 2.24) is 0 Å². The van der Waals surface area contributed by atoms with Gasteiger partial charge in [-0.3, -0.25) is 24.0 Å². The van der Waals surface area contributed by atoms with E-state index >= 15 is 0 Å². The predicted molar refractivity (Wildman–Crippen MR) is 259 cm³/mol. The van der Waals surface area contributed by atoms with Crippen molar-refractivity contribution in [3.05, 3.63) is 53.1 Å². The van der Waals surface area contributed by atoms with Gasteiger partial charge in [0.2, 0.25) is 0 Å². The van der Waals surface area contributed by atoms with Gasteiger partial charge in [0.1, 0.15) is 37.5 Å². The van der Waals surface area contributed by atoms with Crippen LogP contribution in [-0.2, 0) is 54.3 Å². The zero-order chi connectivity index (χ0) is 49.6. The fraction of sp³-hybridized carbons (Fsp3) is 0.714. The Morgan fingerprint density at radius 1 is 0.691 bits per heavy atom. The summed E-state index contributed by atoms with van der Waals surface area (Å²) in [6.45, 7) is 17.8. The van der Waals surface area contributed by atoms with E-state index in [0.29, 0.717) is 48.0 Å². The number of benzene rings is 1. The highest BCUT2D eigenvalue weighted by Gasteiger charge is 2.61. The predicted octanol–water partition coefficient (Wildman–Crippen LogP) is 12.0. The molecule has 1 aromatic rings. The number of hydrogen-bond donors (Lipinski definition) is 0. The Morgan fingerprint density at radius 3 is 1.85 bits per heavy atom. The first-order valence-electron chi connectivity index (χ1n) is 25.8. The van der Waals surface area contributed by atoms with Crippen LogP contribution in [0.4, 0.5) is 4.79 Å². The summed E-state index contributed by atoms with van der Waals surface area (Å²) in [5.41, 5.74) is 2.69. The lowest BCUT2D eigenvalue weighted by Crippen LogP contribution is -2.54. The summed E-state index contributed by atoms with van der Waals surface area (Å²) in [6, 6.07) is 3.73. The third-order valence-corrected chi connectivity index (χ3v) is 16.2. The van der Waals surface area contributed by atoms with Crippen molar-refractivity contribution >= 4 is 35.8 Å². The van der Waals surface area contributed by atoms with E-state index in [1.807, 2.05) is 65.8 Å². The average molecular weight is 947 g/mol. The normalized spacial score (nSPS) is 27.4. The largest absolute Gasteiger partial charge is 0.508 e. The second-order valence-electron chi connectivity index (χ2n) is 21.4. The van der Waals surface area contributed by atoms with E-state index in [2.05, 4.69) is 13.8 Å². The Balaban J connectivity index is 1.01. The second-order valence-corrected chi connectivity index (χ2v) is 21.4. The van der Waals surface area contributed by atoms with Crippen LogP contribution in [0.5, 0.6) is 5.75 Å². The van der Waals surface area contributed by atoms with Crippen LogP contribution in [0.1, 0.15) is 174 Å². The number of rotatable bonds is 23. The van der Waals surface area contributed by atoms with Crippen molar-refractivity contribution < 1.29 is 57.2 Å². The van der Waals surface area contributed by atoms with Crippen molar-refractivity contribution in [2.24, 2.45) is 52.3 Å². The molecule has 0 saturated heterocycles. The molecule has 0 aliphatic heterocycles. The van der Waals surface area contributed by atoms with Gasteiger partial charge in [-0.25, -0.2) is 4.79 Å². The van der Waals surface area contributed by atoms with Crippen LogP contribution in [0.25, 0.3) is 0 Å². The number of aryl methyl sites for hydroxylation is 2. The summed E-state index contributed by atoms with van der Waals surface area (Å²) < 4.78 is 33.7. The van der Waals surface area contributed by atoms with Crippen LogP contribution in [0, 0.1) is 66.1 Å². The Labute approximate surface area is 406 Å². The molecule has 10 atom stereocenters. The standard InChI is InChI=1S/C56H82O12/c1-10-12-14-16-49(58)63-34-44(35-64-50(59)17-15-13-11-2)66-51(60)28-36(3)18-19-37(4)29-52(61)68-53-38(5)30-41(31-39(53)6)33-65-54(62)67-43-24-26-55(8)42(32-43)20-21-45-47-23-22-46(40(7)57)56(47,9)27-25-48(45)55/h12-15,30-31,36-37,42-48H,10-11,16-29,32-35H2,1-9H3/b14-12-,15-13-/t36?,37?,42-,43+,45-,46+,47-,48-,55-,56+/m0/s1. The number of fused-ring (bicyclic) bond motifs is 5. The number of ketones is 1. The van der Waals surface area contributed by atoms with E-state index in [4.69, 9.17) is 28.4 Å². The number of Topliss-reactive ketones (excluding diaryl/α,β-unsaturated/α-hetero) is 1. The van der Waals surface area contributed by atoms with E-state index in [-0.39, 0.29) is 86.2 Å². The first kappa shape index (κ1) is 54.5. The van der Waals surface area contributed by atoms with Crippen LogP contribution in [0.2, 0.25) is 0 Å². The molecule has 2 unspecified atom stereocenters. The summed E-state index contributed by atoms with van der Waals surface area (Å²) >= 11 is 0. The molecule has 12 heteroatoms. The third kappa shape index (κ3) is 14.8. The quantitative estimate of drug-likeness (QED) is 0.0443. The molecule has 4 aliphatic carbocycles. The van der Waals surface area contributed by atoms with Crippen molar-refractivity contribution in [3.8, 4) is 5.75 Å². The molecule has 12 nitrogen and oxygen atoms in total. The molecule has 5 rings (SSSR count). The molecule has 68 heavy (non-hydrogen) atoms. The first-order chi connectivity index (χ1) is 32.4. The molecule has 4 aliphatic rings. The second kappa shape index (κ2) is 25.4. The number of allylic oxidation sites excluding steroid dienone is 2. The van der Waals surface area contributed by atoms with Gasteiger partial charge in [-0.2, -0.15) is 0 Å². The van der Waals surface area contributed by atoms with Gasteiger partial charge in [-0.05, 0) is 179 Å². The lowest BCUT2D eigenvalue weighted by atomic mass is 9.44. The number of esters is 4. The molecule has 0 bridgehead atoms. The van der Waals surface area contributed by atoms with Crippen molar-refractivity contribution in [2.45, 2.75) is 190 Å². The molecule has 4 fully saturated rings. The van der Waals surface area contributed by atoms with Gasteiger partial charge in [0.15, 0.2) is 6.10 Å². The maximum atomic E-state index is 13.1. The summed E-state index contributed by atoms with van der Waals surface area (Å²) in [7, 11) is 0. The number of carbonyl (C=O) groups is 6. The maximum Gasteiger partial charge on any atom is 0.508 e. The highest BCUT2D eigenvalue weighted by molar-refractivity contribution is 5.79. The minimum atomic E-state index is -0.938. The van der Waals surface area contributed by atoms with E-state index in [1.54, 1.807) is 19.1 Å². The molecular weight excluding hydrogens is 865 g/mol. The van der Waals surface area contributed by atoms with E-state index < -0.39 is 30.2 Å². The lowest BCUT2D eigenvalue weighted by Gasteiger charge is -2.61. The van der Waals surface area contributed by atoms with Crippen LogP contribution in [0.15, 0.2) is 36.4 Å². The van der Waals surface area contributed by atoms with Crippen LogP contribution in [-0.4, -0.2) is 61.2 Å². The molecule has 0 radical (unpaired) electrons.